The zero-order valence-electron chi connectivity index (χ0n) is 13.2. The van der Waals surface area contributed by atoms with Crippen LogP contribution >= 0.6 is 0 Å². The lowest BCUT2D eigenvalue weighted by molar-refractivity contribution is 0.0427. The van der Waals surface area contributed by atoms with Crippen LogP contribution in [-0.4, -0.2) is 50.6 Å². The maximum absolute atomic E-state index is 5.93. The summed E-state index contributed by atoms with van der Waals surface area (Å²) >= 11 is 0. The summed E-state index contributed by atoms with van der Waals surface area (Å²) in [5, 5.41) is 0. The molecule has 0 heterocycles. The summed E-state index contributed by atoms with van der Waals surface area (Å²) in [6, 6.07) is 0. The van der Waals surface area contributed by atoms with Crippen LogP contribution in [0.15, 0.2) is 0 Å². The Morgan fingerprint density at radius 2 is 1.05 bits per heavy atom. The van der Waals surface area contributed by atoms with Crippen molar-refractivity contribution in [1.29, 1.82) is 0 Å². The molecule has 0 saturated heterocycles. The van der Waals surface area contributed by atoms with Crippen molar-refractivity contribution in [1.82, 2.24) is 0 Å². The molecule has 0 aliphatic rings. The second-order valence-corrected chi connectivity index (χ2v) is 6.15. The van der Waals surface area contributed by atoms with Gasteiger partial charge in [0.05, 0.1) is 13.2 Å². The first-order valence-electron chi connectivity index (χ1n) is 7.46. The first kappa shape index (κ1) is 19.8. The lowest BCUT2D eigenvalue weighted by atomic mass is 9.98. The minimum Gasteiger partial charge on any atom is -0.379 e. The Balaban J connectivity index is 3.26. The predicted octanol–water partition coefficient (Wildman–Crippen LogP) is -0.0678. The van der Waals surface area contributed by atoms with Crippen molar-refractivity contribution in [2.24, 2.45) is 22.9 Å². The zero-order valence-corrected chi connectivity index (χ0v) is 13.2. The number of ether oxygens (including phenoxy) is 2. The molecule has 0 aromatic heterocycles. The minimum absolute atomic E-state index is 0.280. The van der Waals surface area contributed by atoms with Crippen molar-refractivity contribution in [3.05, 3.63) is 0 Å². The highest BCUT2D eigenvalue weighted by Crippen LogP contribution is 2.07. The molecule has 0 radical (unpaired) electrons. The van der Waals surface area contributed by atoms with E-state index in [4.69, 9.17) is 32.4 Å². The van der Waals surface area contributed by atoms with Gasteiger partial charge in [-0.2, -0.15) is 0 Å². The Morgan fingerprint density at radius 1 is 0.700 bits per heavy atom. The molecule has 2 unspecified atom stereocenters. The predicted molar refractivity (Wildman–Crippen MR) is 83.4 cm³/mol. The summed E-state index contributed by atoms with van der Waals surface area (Å²) in [4.78, 5) is 0. The molecule has 0 spiro atoms. The molecule has 0 amide bonds. The average Bonchev–Trinajstić information content (AvgIpc) is 2.41. The maximum atomic E-state index is 5.93. The minimum atomic E-state index is -0.280. The van der Waals surface area contributed by atoms with E-state index in [0.717, 1.165) is 25.7 Å². The second-order valence-electron chi connectivity index (χ2n) is 6.15. The van der Waals surface area contributed by atoms with Gasteiger partial charge in [0, 0.05) is 37.4 Å². The van der Waals surface area contributed by atoms with E-state index >= 15 is 0 Å². The highest BCUT2D eigenvalue weighted by molar-refractivity contribution is 4.79. The quantitative estimate of drug-likeness (QED) is 0.352. The van der Waals surface area contributed by atoms with Gasteiger partial charge < -0.3 is 32.4 Å². The molecule has 6 heteroatoms. The zero-order chi connectivity index (χ0) is 15.5. The lowest BCUT2D eigenvalue weighted by Gasteiger charge is -2.22. The van der Waals surface area contributed by atoms with Gasteiger partial charge >= 0.3 is 0 Å². The van der Waals surface area contributed by atoms with Crippen LogP contribution in [0.25, 0.3) is 0 Å². The fourth-order valence-corrected chi connectivity index (χ4v) is 1.68. The molecule has 0 saturated carbocycles. The van der Waals surface area contributed by atoms with Crippen molar-refractivity contribution >= 4 is 0 Å². The summed E-state index contributed by atoms with van der Waals surface area (Å²) in [5.74, 6) is 0. The Hall–Kier alpha value is -0.240. The van der Waals surface area contributed by atoms with Crippen LogP contribution in [0.4, 0.5) is 0 Å². The topological polar surface area (TPSA) is 123 Å². The highest BCUT2D eigenvalue weighted by atomic mass is 16.5. The van der Waals surface area contributed by atoms with Crippen LogP contribution in [0.3, 0.4) is 0 Å². The Kier molecular flexibility index (Phi) is 10.4. The van der Waals surface area contributed by atoms with Crippen molar-refractivity contribution in [2.75, 3.05) is 39.5 Å². The largest absolute Gasteiger partial charge is 0.379 e. The van der Waals surface area contributed by atoms with E-state index in [1.165, 1.54) is 0 Å². The summed E-state index contributed by atoms with van der Waals surface area (Å²) in [6.45, 7) is 7.54. The molecule has 0 aliphatic carbocycles. The molecule has 122 valence electrons. The van der Waals surface area contributed by atoms with Gasteiger partial charge in [-0.3, -0.25) is 0 Å². The van der Waals surface area contributed by atoms with Gasteiger partial charge in [-0.1, -0.05) is 0 Å². The van der Waals surface area contributed by atoms with Crippen LogP contribution in [0, 0.1) is 0 Å². The van der Waals surface area contributed by atoms with Gasteiger partial charge in [0.25, 0.3) is 0 Å². The molecule has 0 aromatic rings. The van der Waals surface area contributed by atoms with Crippen molar-refractivity contribution in [3.8, 4) is 0 Å². The van der Waals surface area contributed by atoms with Crippen LogP contribution in [-0.2, 0) is 9.47 Å². The summed E-state index contributed by atoms with van der Waals surface area (Å²) in [6.07, 6.45) is 3.59. The van der Waals surface area contributed by atoms with E-state index in [1.54, 1.807) is 0 Å². The average molecular weight is 290 g/mol. The first-order valence-corrected chi connectivity index (χ1v) is 7.46. The van der Waals surface area contributed by atoms with E-state index in [2.05, 4.69) is 0 Å². The van der Waals surface area contributed by atoms with Gasteiger partial charge in [-0.05, 0) is 39.5 Å². The number of hydrogen-bond donors (Lipinski definition) is 4. The normalized spacial score (nSPS) is 17.7. The van der Waals surface area contributed by atoms with Crippen LogP contribution in [0.5, 0.6) is 0 Å². The second kappa shape index (κ2) is 10.5. The highest BCUT2D eigenvalue weighted by Gasteiger charge is 2.15. The molecule has 2 atom stereocenters. The van der Waals surface area contributed by atoms with E-state index < -0.39 is 0 Å². The third kappa shape index (κ3) is 11.6. The van der Waals surface area contributed by atoms with E-state index in [1.807, 2.05) is 13.8 Å². The number of nitrogens with two attached hydrogens (primary N) is 4. The van der Waals surface area contributed by atoms with Gasteiger partial charge in [0.1, 0.15) is 0 Å². The monoisotopic (exact) mass is 290 g/mol. The first-order chi connectivity index (χ1) is 9.33. The van der Waals surface area contributed by atoms with Crippen LogP contribution < -0.4 is 22.9 Å². The molecule has 0 aromatic carbocycles. The van der Waals surface area contributed by atoms with Crippen LogP contribution in [0.2, 0.25) is 0 Å². The SMILES string of the molecule is CC(N)(CN)CCCOCCOCCCC(C)(N)CN. The van der Waals surface area contributed by atoms with E-state index in [0.29, 0.717) is 39.5 Å². The lowest BCUT2D eigenvalue weighted by Crippen LogP contribution is -2.44. The van der Waals surface area contributed by atoms with E-state index in [9.17, 15) is 0 Å². The fraction of sp³-hybridized carbons (Fsp3) is 1.00. The molecule has 6 nitrogen and oxygen atoms in total. The van der Waals surface area contributed by atoms with E-state index in [-0.39, 0.29) is 11.1 Å². The smallest absolute Gasteiger partial charge is 0.0700 e. The molecule has 8 N–H and O–H groups in total. The molecule has 20 heavy (non-hydrogen) atoms. The van der Waals surface area contributed by atoms with Crippen molar-refractivity contribution in [2.45, 2.75) is 50.6 Å². The molecular formula is C14H34N4O2. The van der Waals surface area contributed by atoms with Crippen LogP contribution in [0.1, 0.15) is 39.5 Å². The summed E-state index contributed by atoms with van der Waals surface area (Å²) in [7, 11) is 0. The molecule has 0 aliphatic heterocycles. The molecular weight excluding hydrogens is 256 g/mol. The van der Waals surface area contributed by atoms with Gasteiger partial charge in [-0.25, -0.2) is 0 Å². The third-order valence-corrected chi connectivity index (χ3v) is 3.38. The standard InChI is InChI=1S/C14H34N4O2/c1-13(17,11-15)5-3-7-19-9-10-20-8-4-6-14(2,18)12-16/h3-12,15-18H2,1-2H3. The third-order valence-electron chi connectivity index (χ3n) is 3.38. The Bertz CT molecular complexity index is 211. The van der Waals surface area contributed by atoms with Gasteiger partial charge in [0.2, 0.25) is 0 Å². The Labute approximate surface area is 123 Å². The molecule has 0 fully saturated rings. The number of rotatable bonds is 13. The van der Waals surface area contributed by atoms with Crippen molar-refractivity contribution < 1.29 is 9.47 Å². The van der Waals surface area contributed by atoms with Gasteiger partial charge in [-0.15, -0.1) is 0 Å². The molecule has 0 bridgehead atoms. The van der Waals surface area contributed by atoms with Gasteiger partial charge in [0.15, 0.2) is 0 Å². The fourth-order valence-electron chi connectivity index (χ4n) is 1.68. The maximum Gasteiger partial charge on any atom is 0.0700 e. The summed E-state index contributed by atoms with van der Waals surface area (Å²) in [5.41, 5.74) is 22.4. The summed E-state index contributed by atoms with van der Waals surface area (Å²) < 4.78 is 11.0. The van der Waals surface area contributed by atoms with Crippen molar-refractivity contribution in [3.63, 3.8) is 0 Å². The number of hydrogen-bond acceptors (Lipinski definition) is 6. The Morgan fingerprint density at radius 3 is 1.35 bits per heavy atom. The molecule has 0 rings (SSSR count).